The molecule has 1 unspecified atom stereocenters. The van der Waals surface area contributed by atoms with Gasteiger partial charge in [-0.3, -0.25) is 4.79 Å². The van der Waals surface area contributed by atoms with Crippen molar-refractivity contribution in [1.82, 2.24) is 5.32 Å². The van der Waals surface area contributed by atoms with E-state index in [4.69, 9.17) is 0 Å². The summed E-state index contributed by atoms with van der Waals surface area (Å²) in [6.45, 7) is 0.574. The largest absolute Gasteiger partial charge is 0.464 e. The molecule has 0 aromatic carbocycles. The van der Waals surface area contributed by atoms with Gasteiger partial charge in [-0.1, -0.05) is 0 Å². The first-order valence-electron chi connectivity index (χ1n) is 2.68. The smallest absolute Gasteiger partial charge is 0.323 e. The fourth-order valence-corrected chi connectivity index (χ4v) is 0.758. The summed E-state index contributed by atoms with van der Waals surface area (Å²) >= 11 is 0. The minimum Gasteiger partial charge on any atom is -0.464 e. The van der Waals surface area contributed by atoms with Gasteiger partial charge in [0.1, 0.15) is 6.04 Å². The number of hydrogen-bond acceptors (Lipinski definition) is 3. The Hall–Kier alpha value is -0.280. The topological polar surface area (TPSA) is 38.3 Å². The number of halogens is 1. The third kappa shape index (κ3) is 1.84. The molecule has 0 saturated carbocycles. The molecule has 1 aliphatic heterocycles. The second-order valence-corrected chi connectivity index (χ2v) is 1.80. The number of nitrogens with one attached hydrogen (secondary N) is 1. The van der Waals surface area contributed by atoms with Gasteiger partial charge in [-0.25, -0.2) is 0 Å². The fraction of sp³-hybridized carbons (Fsp3) is 0.800. The van der Waals surface area contributed by atoms with Crippen LogP contribution in [0.15, 0.2) is 0 Å². The molecule has 0 radical (unpaired) electrons. The maximum absolute atomic E-state index is 10.5. The lowest BCUT2D eigenvalue weighted by Gasteiger charge is -1.98. The van der Waals surface area contributed by atoms with Crippen molar-refractivity contribution in [3.63, 3.8) is 0 Å². The van der Waals surface area contributed by atoms with Crippen LogP contribution in [0.5, 0.6) is 0 Å². The summed E-state index contributed by atoms with van der Waals surface area (Å²) in [6, 6.07) is -0.0463. The molecular formula is C5H10ClNO2. The molecular weight excluding hydrogens is 142 g/mol. The van der Waals surface area contributed by atoms with Gasteiger partial charge in [-0.05, 0) is 7.05 Å². The van der Waals surface area contributed by atoms with Gasteiger partial charge in [0.2, 0.25) is 0 Å². The number of ether oxygens (including phenoxy) is 1. The SMILES string of the molecule is CNC1CCOC1=O.Cl. The third-order valence-electron chi connectivity index (χ3n) is 1.28. The molecule has 1 atom stereocenters. The molecule has 1 N–H and O–H groups in total. The summed E-state index contributed by atoms with van der Waals surface area (Å²) in [4.78, 5) is 10.5. The molecule has 54 valence electrons. The van der Waals surface area contributed by atoms with Crippen molar-refractivity contribution < 1.29 is 9.53 Å². The zero-order valence-electron chi connectivity index (χ0n) is 5.22. The molecule has 1 heterocycles. The third-order valence-corrected chi connectivity index (χ3v) is 1.28. The molecule has 3 nitrogen and oxygen atoms in total. The van der Waals surface area contributed by atoms with Crippen LogP contribution in [0, 0.1) is 0 Å². The average molecular weight is 152 g/mol. The van der Waals surface area contributed by atoms with Crippen LogP contribution in [0.2, 0.25) is 0 Å². The number of esters is 1. The maximum Gasteiger partial charge on any atom is 0.323 e. The van der Waals surface area contributed by atoms with E-state index < -0.39 is 0 Å². The lowest BCUT2D eigenvalue weighted by Crippen LogP contribution is -2.29. The minimum absolute atomic E-state index is 0. The summed E-state index contributed by atoms with van der Waals surface area (Å²) in [5.41, 5.74) is 0. The summed E-state index contributed by atoms with van der Waals surface area (Å²) in [5.74, 6) is -0.118. The molecule has 4 heteroatoms. The lowest BCUT2D eigenvalue weighted by atomic mass is 10.3. The molecule has 0 spiro atoms. The molecule has 0 bridgehead atoms. The molecule has 1 rings (SSSR count). The van der Waals surface area contributed by atoms with Crippen molar-refractivity contribution >= 4 is 18.4 Å². The first-order chi connectivity index (χ1) is 3.84. The van der Waals surface area contributed by atoms with Crippen LogP contribution in [0.3, 0.4) is 0 Å². The van der Waals surface area contributed by atoms with Gasteiger partial charge in [0.05, 0.1) is 6.61 Å². The highest BCUT2D eigenvalue weighted by Gasteiger charge is 2.23. The van der Waals surface area contributed by atoms with Crippen molar-refractivity contribution in [3.05, 3.63) is 0 Å². The predicted octanol–water partition coefficient (Wildman–Crippen LogP) is -0.0569. The second kappa shape index (κ2) is 3.69. The van der Waals surface area contributed by atoms with Crippen molar-refractivity contribution in [2.45, 2.75) is 12.5 Å². The Labute approximate surface area is 60.2 Å². The van der Waals surface area contributed by atoms with E-state index >= 15 is 0 Å². The Morgan fingerprint density at radius 2 is 2.44 bits per heavy atom. The van der Waals surface area contributed by atoms with Gasteiger partial charge >= 0.3 is 5.97 Å². The molecule has 1 aliphatic rings. The average Bonchev–Trinajstić information content (AvgIpc) is 2.14. The Bertz CT molecular complexity index is 107. The van der Waals surface area contributed by atoms with E-state index in [9.17, 15) is 4.79 Å². The first-order valence-corrected chi connectivity index (χ1v) is 2.68. The molecule has 0 aromatic rings. The lowest BCUT2D eigenvalue weighted by molar-refractivity contribution is -0.139. The van der Waals surface area contributed by atoms with Gasteiger partial charge in [-0.15, -0.1) is 12.4 Å². The van der Waals surface area contributed by atoms with Crippen LogP contribution in [0.25, 0.3) is 0 Å². The van der Waals surface area contributed by atoms with Crippen LogP contribution in [0.1, 0.15) is 6.42 Å². The molecule has 1 fully saturated rings. The molecule has 0 aromatic heterocycles. The Morgan fingerprint density at radius 3 is 2.67 bits per heavy atom. The zero-order chi connectivity index (χ0) is 5.98. The minimum atomic E-state index is -0.118. The van der Waals surface area contributed by atoms with Crippen molar-refractivity contribution in [3.8, 4) is 0 Å². The number of rotatable bonds is 1. The molecule has 9 heavy (non-hydrogen) atoms. The number of carbonyl (C=O) groups excluding carboxylic acids is 1. The van der Waals surface area contributed by atoms with E-state index in [-0.39, 0.29) is 24.4 Å². The van der Waals surface area contributed by atoms with Crippen LogP contribution in [-0.2, 0) is 9.53 Å². The summed E-state index contributed by atoms with van der Waals surface area (Å²) in [6.07, 6.45) is 0.815. The van der Waals surface area contributed by atoms with Crippen LogP contribution in [0.4, 0.5) is 0 Å². The Morgan fingerprint density at radius 1 is 1.78 bits per heavy atom. The molecule has 1 saturated heterocycles. The van der Waals surface area contributed by atoms with Gasteiger partial charge in [0.25, 0.3) is 0 Å². The first kappa shape index (κ1) is 8.72. The van der Waals surface area contributed by atoms with Crippen LogP contribution >= 0.6 is 12.4 Å². The number of hydrogen-bond donors (Lipinski definition) is 1. The van der Waals surface area contributed by atoms with E-state index in [2.05, 4.69) is 10.1 Å². The highest BCUT2D eigenvalue weighted by atomic mass is 35.5. The van der Waals surface area contributed by atoms with Gasteiger partial charge in [0.15, 0.2) is 0 Å². The Balaban J connectivity index is 0.000000640. The molecule has 0 aliphatic carbocycles. The number of cyclic esters (lactones) is 1. The van der Waals surface area contributed by atoms with Gasteiger partial charge in [-0.2, -0.15) is 0 Å². The standard InChI is InChI=1S/C5H9NO2.ClH/c1-6-4-2-3-8-5(4)7;/h4,6H,2-3H2,1H3;1H. The second-order valence-electron chi connectivity index (χ2n) is 1.80. The van der Waals surface area contributed by atoms with E-state index in [1.54, 1.807) is 7.05 Å². The molecule has 0 amide bonds. The quantitative estimate of drug-likeness (QED) is 0.534. The van der Waals surface area contributed by atoms with Gasteiger partial charge in [0, 0.05) is 6.42 Å². The van der Waals surface area contributed by atoms with E-state index in [0.717, 1.165) is 6.42 Å². The highest BCUT2D eigenvalue weighted by Crippen LogP contribution is 2.03. The predicted molar refractivity (Wildman–Crippen MR) is 35.7 cm³/mol. The maximum atomic E-state index is 10.5. The van der Waals surface area contributed by atoms with Crippen LogP contribution in [-0.4, -0.2) is 25.7 Å². The van der Waals surface area contributed by atoms with Crippen molar-refractivity contribution in [2.24, 2.45) is 0 Å². The van der Waals surface area contributed by atoms with E-state index in [1.165, 1.54) is 0 Å². The zero-order valence-corrected chi connectivity index (χ0v) is 6.03. The normalized spacial score (nSPS) is 25.0. The summed E-state index contributed by atoms with van der Waals surface area (Å²) < 4.78 is 4.65. The summed E-state index contributed by atoms with van der Waals surface area (Å²) in [7, 11) is 1.76. The van der Waals surface area contributed by atoms with E-state index in [1.807, 2.05) is 0 Å². The van der Waals surface area contributed by atoms with E-state index in [0.29, 0.717) is 6.61 Å². The van der Waals surface area contributed by atoms with Crippen LogP contribution < -0.4 is 5.32 Å². The van der Waals surface area contributed by atoms with Gasteiger partial charge < -0.3 is 10.1 Å². The monoisotopic (exact) mass is 151 g/mol. The van der Waals surface area contributed by atoms with Crippen molar-refractivity contribution in [2.75, 3.05) is 13.7 Å². The number of carbonyl (C=O) groups is 1. The Kier molecular flexibility index (Phi) is 3.58. The summed E-state index contributed by atoms with van der Waals surface area (Å²) in [5, 5.41) is 2.84. The van der Waals surface area contributed by atoms with Crippen molar-refractivity contribution in [1.29, 1.82) is 0 Å². The fourth-order valence-electron chi connectivity index (χ4n) is 0.758. The number of likely N-dealkylation sites (N-methyl/N-ethyl adjacent to an activating group) is 1. The highest BCUT2D eigenvalue weighted by molar-refractivity contribution is 5.85.